The smallest absolute Gasteiger partial charge is 0.242 e. The second-order valence-electron chi connectivity index (χ2n) is 5.99. The van der Waals surface area contributed by atoms with Gasteiger partial charge in [-0.15, -0.1) is 0 Å². The van der Waals surface area contributed by atoms with Crippen molar-refractivity contribution < 1.29 is 4.79 Å². The van der Waals surface area contributed by atoms with Gasteiger partial charge in [0.2, 0.25) is 5.91 Å². The number of hydrogen-bond donors (Lipinski definition) is 1. The predicted octanol–water partition coefficient (Wildman–Crippen LogP) is 1.20. The number of nitrogens with two attached hydrogens (primary N) is 1. The molecule has 1 aliphatic heterocycles. The van der Waals surface area contributed by atoms with E-state index in [1.54, 1.807) is 0 Å². The van der Waals surface area contributed by atoms with Crippen LogP contribution in [0.1, 0.15) is 44.9 Å². The molecule has 1 saturated carbocycles. The lowest BCUT2D eigenvalue weighted by Gasteiger charge is -2.35. The molecule has 1 aliphatic carbocycles. The third-order valence-electron chi connectivity index (χ3n) is 4.47. The molecular weight excluding hydrogens is 226 g/mol. The maximum atomic E-state index is 12.4. The third-order valence-corrected chi connectivity index (χ3v) is 4.47. The van der Waals surface area contributed by atoms with E-state index in [9.17, 15) is 4.79 Å². The van der Waals surface area contributed by atoms with Gasteiger partial charge < -0.3 is 15.5 Å². The second kappa shape index (κ2) is 6.02. The van der Waals surface area contributed by atoms with Crippen molar-refractivity contribution in [2.45, 2.75) is 50.5 Å². The van der Waals surface area contributed by atoms with Gasteiger partial charge >= 0.3 is 0 Å². The van der Waals surface area contributed by atoms with Crippen LogP contribution in [0.4, 0.5) is 0 Å². The van der Waals surface area contributed by atoms with Crippen LogP contribution in [-0.4, -0.2) is 54.5 Å². The first-order chi connectivity index (χ1) is 8.62. The number of hydrogen-bond acceptors (Lipinski definition) is 3. The molecule has 0 bridgehead atoms. The van der Waals surface area contributed by atoms with Crippen LogP contribution in [0.3, 0.4) is 0 Å². The van der Waals surface area contributed by atoms with Crippen LogP contribution in [0.15, 0.2) is 0 Å². The molecule has 0 aromatic heterocycles. The summed E-state index contributed by atoms with van der Waals surface area (Å²) >= 11 is 0. The molecule has 0 atom stereocenters. The van der Waals surface area contributed by atoms with E-state index in [1.807, 2.05) is 11.9 Å². The summed E-state index contributed by atoms with van der Waals surface area (Å²) < 4.78 is 0. The minimum Gasteiger partial charge on any atom is -0.343 e. The summed E-state index contributed by atoms with van der Waals surface area (Å²) in [6.07, 6.45) is 7.75. The molecule has 0 aromatic carbocycles. The van der Waals surface area contributed by atoms with Gasteiger partial charge in [0.25, 0.3) is 0 Å². The minimum atomic E-state index is -0.571. The molecule has 104 valence electrons. The number of amides is 1. The van der Waals surface area contributed by atoms with Crippen molar-refractivity contribution in [2.24, 2.45) is 5.73 Å². The monoisotopic (exact) mass is 253 g/mol. The van der Waals surface area contributed by atoms with Gasteiger partial charge in [0.15, 0.2) is 0 Å². The number of nitrogens with zero attached hydrogens (tertiary/aromatic N) is 2. The largest absolute Gasteiger partial charge is 0.343 e. The number of carbonyl (C=O) groups excluding carboxylic acids is 1. The van der Waals surface area contributed by atoms with Crippen molar-refractivity contribution in [3.05, 3.63) is 0 Å². The fourth-order valence-corrected chi connectivity index (χ4v) is 3.18. The maximum Gasteiger partial charge on any atom is 0.242 e. The van der Waals surface area contributed by atoms with Crippen LogP contribution in [0.2, 0.25) is 0 Å². The fraction of sp³-hybridized carbons (Fsp3) is 0.929. The molecular formula is C14H27N3O. The first-order valence-corrected chi connectivity index (χ1v) is 7.39. The van der Waals surface area contributed by atoms with E-state index < -0.39 is 5.54 Å². The van der Waals surface area contributed by atoms with Crippen molar-refractivity contribution in [3.8, 4) is 0 Å². The minimum absolute atomic E-state index is 0.154. The van der Waals surface area contributed by atoms with Gasteiger partial charge in [-0.2, -0.15) is 0 Å². The normalized spacial score (nSPS) is 24.1. The topological polar surface area (TPSA) is 49.6 Å². The molecule has 2 N–H and O–H groups in total. The quantitative estimate of drug-likeness (QED) is 0.819. The van der Waals surface area contributed by atoms with Gasteiger partial charge in [0, 0.05) is 20.1 Å². The number of likely N-dealkylation sites (N-methyl/N-ethyl adjacent to an activating group) is 1. The Morgan fingerprint density at radius 3 is 2.39 bits per heavy atom. The van der Waals surface area contributed by atoms with Crippen LogP contribution >= 0.6 is 0 Å². The van der Waals surface area contributed by atoms with E-state index >= 15 is 0 Å². The van der Waals surface area contributed by atoms with E-state index in [0.717, 1.165) is 38.8 Å². The standard InChI is InChI=1S/C14H27N3O/c1-16(11-12-17-9-5-6-10-17)13(18)14(15)7-3-2-4-8-14/h2-12,15H2,1H3. The molecule has 1 heterocycles. The first-order valence-electron chi connectivity index (χ1n) is 7.39. The Bertz CT molecular complexity index is 281. The van der Waals surface area contributed by atoms with E-state index in [-0.39, 0.29) is 5.91 Å². The third kappa shape index (κ3) is 3.23. The Hall–Kier alpha value is -0.610. The Kier molecular flexibility index (Phi) is 4.62. The Morgan fingerprint density at radius 1 is 1.17 bits per heavy atom. The van der Waals surface area contributed by atoms with Crippen molar-refractivity contribution in [3.63, 3.8) is 0 Å². The van der Waals surface area contributed by atoms with E-state index in [0.29, 0.717) is 0 Å². The highest BCUT2D eigenvalue weighted by Gasteiger charge is 2.37. The summed E-state index contributed by atoms with van der Waals surface area (Å²) in [5, 5.41) is 0. The van der Waals surface area contributed by atoms with Gasteiger partial charge in [0.05, 0.1) is 5.54 Å². The van der Waals surface area contributed by atoms with Crippen LogP contribution in [0.5, 0.6) is 0 Å². The highest BCUT2D eigenvalue weighted by Crippen LogP contribution is 2.27. The Labute approximate surface area is 110 Å². The van der Waals surface area contributed by atoms with Crippen LogP contribution < -0.4 is 5.73 Å². The molecule has 0 radical (unpaired) electrons. The zero-order chi connectivity index (χ0) is 13.0. The van der Waals surface area contributed by atoms with Crippen LogP contribution in [-0.2, 0) is 4.79 Å². The molecule has 0 aromatic rings. The number of carbonyl (C=O) groups is 1. The van der Waals surface area contributed by atoms with Crippen molar-refractivity contribution in [1.82, 2.24) is 9.80 Å². The number of likely N-dealkylation sites (tertiary alicyclic amines) is 1. The summed E-state index contributed by atoms with van der Waals surface area (Å²) in [7, 11) is 1.90. The van der Waals surface area contributed by atoms with Crippen molar-refractivity contribution in [2.75, 3.05) is 33.2 Å². The molecule has 1 amide bonds. The van der Waals surface area contributed by atoms with E-state index in [2.05, 4.69) is 4.90 Å². The lowest BCUT2D eigenvalue weighted by Crippen LogP contribution is -2.56. The fourth-order valence-electron chi connectivity index (χ4n) is 3.18. The maximum absolute atomic E-state index is 12.4. The zero-order valence-electron chi connectivity index (χ0n) is 11.7. The molecule has 0 unspecified atom stereocenters. The van der Waals surface area contributed by atoms with Gasteiger partial charge in [-0.3, -0.25) is 4.79 Å². The summed E-state index contributed by atoms with van der Waals surface area (Å²) in [4.78, 5) is 16.7. The summed E-state index contributed by atoms with van der Waals surface area (Å²) in [6.45, 7) is 4.20. The van der Waals surface area contributed by atoms with Gasteiger partial charge in [-0.25, -0.2) is 0 Å². The molecule has 4 heteroatoms. The van der Waals surface area contributed by atoms with Gasteiger partial charge in [-0.05, 0) is 38.8 Å². The summed E-state index contributed by atoms with van der Waals surface area (Å²) in [5.74, 6) is 0.154. The lowest BCUT2D eigenvalue weighted by atomic mass is 9.81. The average Bonchev–Trinajstić information content (AvgIpc) is 2.89. The second-order valence-corrected chi connectivity index (χ2v) is 5.99. The van der Waals surface area contributed by atoms with Crippen LogP contribution in [0.25, 0.3) is 0 Å². The summed E-state index contributed by atoms with van der Waals surface area (Å²) in [5.41, 5.74) is 5.71. The zero-order valence-corrected chi connectivity index (χ0v) is 11.7. The first kappa shape index (κ1) is 13.8. The van der Waals surface area contributed by atoms with E-state index in [4.69, 9.17) is 5.73 Å². The van der Waals surface area contributed by atoms with Crippen LogP contribution in [0, 0.1) is 0 Å². The Morgan fingerprint density at radius 2 is 1.78 bits per heavy atom. The molecule has 2 rings (SSSR count). The highest BCUT2D eigenvalue weighted by atomic mass is 16.2. The van der Waals surface area contributed by atoms with Crippen molar-refractivity contribution >= 4 is 5.91 Å². The molecule has 18 heavy (non-hydrogen) atoms. The lowest BCUT2D eigenvalue weighted by molar-refractivity contribution is -0.137. The molecule has 0 spiro atoms. The van der Waals surface area contributed by atoms with Crippen molar-refractivity contribution in [1.29, 1.82) is 0 Å². The average molecular weight is 253 g/mol. The summed E-state index contributed by atoms with van der Waals surface area (Å²) in [6, 6.07) is 0. The Balaban J connectivity index is 1.79. The predicted molar refractivity (Wildman–Crippen MR) is 73.3 cm³/mol. The van der Waals surface area contributed by atoms with E-state index in [1.165, 1.54) is 32.4 Å². The molecule has 4 nitrogen and oxygen atoms in total. The molecule has 2 aliphatic rings. The van der Waals surface area contributed by atoms with Gasteiger partial charge in [0.1, 0.15) is 0 Å². The number of rotatable bonds is 4. The highest BCUT2D eigenvalue weighted by molar-refractivity contribution is 5.86. The molecule has 2 fully saturated rings. The molecule has 1 saturated heterocycles. The SMILES string of the molecule is CN(CCN1CCCC1)C(=O)C1(N)CCCCC1. The van der Waals surface area contributed by atoms with Gasteiger partial charge in [-0.1, -0.05) is 19.3 Å².